The zero-order valence-corrected chi connectivity index (χ0v) is 8.97. The molecule has 0 N–H and O–H groups in total. The molecule has 1 aromatic carbocycles. The van der Waals surface area contributed by atoms with Crippen molar-refractivity contribution in [2.45, 2.75) is 5.75 Å². The molecule has 1 aliphatic rings. The summed E-state index contributed by atoms with van der Waals surface area (Å²) in [5.41, 5.74) is 1.50. The summed E-state index contributed by atoms with van der Waals surface area (Å²) in [4.78, 5) is 11.5. The summed E-state index contributed by atoms with van der Waals surface area (Å²) in [5.74, 6) is 1.37. The Balaban J connectivity index is 2.67. The second kappa shape index (κ2) is 3.52. The fraction of sp³-hybridized carbons (Fsp3) is 0.222. The van der Waals surface area contributed by atoms with E-state index in [1.807, 2.05) is 0 Å². The van der Waals surface area contributed by atoms with Gasteiger partial charge >= 0.3 is 0 Å². The lowest BCUT2D eigenvalue weighted by molar-refractivity contribution is 0.102. The van der Waals surface area contributed by atoms with E-state index in [4.69, 9.17) is 23.2 Å². The van der Waals surface area contributed by atoms with Gasteiger partial charge in [-0.3, -0.25) is 4.79 Å². The van der Waals surface area contributed by atoms with Crippen molar-refractivity contribution in [2.24, 2.45) is 0 Å². The molecule has 0 amide bonds. The summed E-state index contributed by atoms with van der Waals surface area (Å²) in [5, 5.41) is 1.16. The first-order valence-electron chi connectivity index (χ1n) is 3.78. The molecule has 2 rings (SSSR count). The van der Waals surface area contributed by atoms with Crippen molar-refractivity contribution >= 4 is 40.7 Å². The molecular formula is C9H6Cl2OS. The van der Waals surface area contributed by atoms with Crippen molar-refractivity contribution in [3.8, 4) is 0 Å². The highest BCUT2D eigenvalue weighted by atomic mass is 35.5. The Morgan fingerprint density at radius 1 is 1.15 bits per heavy atom. The lowest BCUT2D eigenvalue weighted by Gasteiger charge is -2.16. The predicted molar refractivity (Wildman–Crippen MR) is 57.0 cm³/mol. The molecule has 1 nitrogen and oxygen atoms in total. The van der Waals surface area contributed by atoms with Crippen LogP contribution >= 0.6 is 35.0 Å². The first-order chi connectivity index (χ1) is 6.20. The number of halogens is 2. The Labute approximate surface area is 90.4 Å². The van der Waals surface area contributed by atoms with Crippen LogP contribution in [-0.4, -0.2) is 11.5 Å². The number of Topliss-reactive ketones (excluding diaryl/α,β-unsaturated/α-hetero) is 1. The van der Waals surface area contributed by atoms with E-state index in [0.29, 0.717) is 21.4 Å². The Hall–Kier alpha value is -0.180. The maximum atomic E-state index is 11.5. The number of hydrogen-bond donors (Lipinski definition) is 0. The lowest BCUT2D eigenvalue weighted by atomic mass is 10.1. The fourth-order valence-corrected chi connectivity index (χ4v) is 2.88. The van der Waals surface area contributed by atoms with E-state index in [1.165, 1.54) is 0 Å². The Bertz CT molecular complexity index is 376. The van der Waals surface area contributed by atoms with Gasteiger partial charge in [-0.05, 0) is 17.7 Å². The number of carbonyl (C=O) groups is 1. The van der Waals surface area contributed by atoms with Gasteiger partial charge in [-0.15, -0.1) is 11.8 Å². The van der Waals surface area contributed by atoms with Gasteiger partial charge in [-0.1, -0.05) is 23.2 Å². The molecule has 1 aromatic rings. The summed E-state index contributed by atoms with van der Waals surface area (Å²) in [6.07, 6.45) is 0. The van der Waals surface area contributed by atoms with Crippen molar-refractivity contribution < 1.29 is 4.79 Å². The van der Waals surface area contributed by atoms with Crippen molar-refractivity contribution in [3.63, 3.8) is 0 Å². The van der Waals surface area contributed by atoms with Crippen molar-refractivity contribution in [2.75, 3.05) is 5.75 Å². The van der Waals surface area contributed by atoms with Gasteiger partial charge in [0.05, 0.1) is 10.8 Å². The minimum absolute atomic E-state index is 0.0822. The molecule has 13 heavy (non-hydrogen) atoms. The first-order valence-corrected chi connectivity index (χ1v) is 5.69. The Morgan fingerprint density at radius 2 is 1.85 bits per heavy atom. The molecule has 0 spiro atoms. The van der Waals surface area contributed by atoms with Crippen LogP contribution in [-0.2, 0) is 5.75 Å². The first kappa shape index (κ1) is 9.38. The number of rotatable bonds is 0. The molecule has 1 aliphatic heterocycles. The zero-order chi connectivity index (χ0) is 9.42. The average Bonchev–Trinajstić information content (AvgIpc) is 2.12. The standard InChI is InChI=1S/C9H6Cl2OS/c10-6-1-2-7(11)9-5(6)3-13-4-8(9)12/h1-2H,3-4H2. The highest BCUT2D eigenvalue weighted by Gasteiger charge is 2.22. The largest absolute Gasteiger partial charge is 0.293 e. The zero-order valence-electron chi connectivity index (χ0n) is 6.64. The summed E-state index contributed by atoms with van der Waals surface area (Å²) in [6.45, 7) is 0. The number of hydrogen-bond acceptors (Lipinski definition) is 2. The molecule has 4 heteroatoms. The third-order valence-electron chi connectivity index (χ3n) is 1.96. The molecule has 0 unspecified atom stereocenters. The normalized spacial score (nSPS) is 15.7. The molecule has 0 bridgehead atoms. The molecule has 0 saturated heterocycles. The topological polar surface area (TPSA) is 17.1 Å². The average molecular weight is 233 g/mol. The van der Waals surface area contributed by atoms with E-state index in [0.717, 1.165) is 11.3 Å². The Morgan fingerprint density at radius 3 is 2.54 bits per heavy atom. The predicted octanol–water partition coefficient (Wildman–Crippen LogP) is 3.42. The van der Waals surface area contributed by atoms with Crippen LogP contribution in [0.25, 0.3) is 0 Å². The van der Waals surface area contributed by atoms with Gasteiger partial charge in [0.1, 0.15) is 0 Å². The maximum Gasteiger partial charge on any atom is 0.174 e. The van der Waals surface area contributed by atoms with Gasteiger partial charge in [0.15, 0.2) is 5.78 Å². The smallest absolute Gasteiger partial charge is 0.174 e. The van der Waals surface area contributed by atoms with Crippen LogP contribution in [0.4, 0.5) is 0 Å². The third-order valence-corrected chi connectivity index (χ3v) is 3.59. The van der Waals surface area contributed by atoms with E-state index in [2.05, 4.69) is 0 Å². The lowest BCUT2D eigenvalue weighted by Crippen LogP contribution is -2.12. The molecule has 1 heterocycles. The van der Waals surface area contributed by atoms with Gasteiger partial charge in [0.25, 0.3) is 0 Å². The molecular weight excluding hydrogens is 227 g/mol. The minimum atomic E-state index is 0.0822. The number of benzene rings is 1. The van der Waals surface area contributed by atoms with Crippen LogP contribution in [0.1, 0.15) is 15.9 Å². The minimum Gasteiger partial charge on any atom is -0.293 e. The van der Waals surface area contributed by atoms with Crippen LogP contribution in [0.5, 0.6) is 0 Å². The van der Waals surface area contributed by atoms with Crippen LogP contribution < -0.4 is 0 Å². The van der Waals surface area contributed by atoms with E-state index < -0.39 is 0 Å². The van der Waals surface area contributed by atoms with E-state index in [1.54, 1.807) is 23.9 Å². The van der Waals surface area contributed by atoms with Crippen molar-refractivity contribution in [1.29, 1.82) is 0 Å². The summed E-state index contributed by atoms with van der Waals surface area (Å²) >= 11 is 13.5. The van der Waals surface area contributed by atoms with E-state index >= 15 is 0 Å². The molecule has 0 aromatic heterocycles. The summed E-state index contributed by atoms with van der Waals surface area (Å²) < 4.78 is 0. The molecule has 0 atom stereocenters. The van der Waals surface area contributed by atoms with Gasteiger partial charge < -0.3 is 0 Å². The molecule has 0 fully saturated rings. The van der Waals surface area contributed by atoms with E-state index in [9.17, 15) is 4.79 Å². The van der Waals surface area contributed by atoms with Crippen LogP contribution in [0.3, 0.4) is 0 Å². The van der Waals surface area contributed by atoms with Crippen molar-refractivity contribution in [1.82, 2.24) is 0 Å². The van der Waals surface area contributed by atoms with Crippen LogP contribution in [0.15, 0.2) is 12.1 Å². The summed E-state index contributed by atoms with van der Waals surface area (Å²) in [6, 6.07) is 3.42. The number of carbonyl (C=O) groups excluding carboxylic acids is 1. The highest BCUT2D eigenvalue weighted by Crippen LogP contribution is 2.34. The van der Waals surface area contributed by atoms with Crippen molar-refractivity contribution in [3.05, 3.63) is 33.3 Å². The fourth-order valence-electron chi connectivity index (χ4n) is 1.35. The SMILES string of the molecule is O=C1CSCc2c(Cl)ccc(Cl)c21. The van der Waals surface area contributed by atoms with Crippen LogP contribution in [0.2, 0.25) is 10.0 Å². The number of fused-ring (bicyclic) bond motifs is 1. The van der Waals surface area contributed by atoms with Crippen LogP contribution in [0, 0.1) is 0 Å². The summed E-state index contributed by atoms with van der Waals surface area (Å²) in [7, 11) is 0. The maximum absolute atomic E-state index is 11.5. The molecule has 0 radical (unpaired) electrons. The van der Waals surface area contributed by atoms with Gasteiger partial charge in [-0.25, -0.2) is 0 Å². The monoisotopic (exact) mass is 232 g/mol. The van der Waals surface area contributed by atoms with Gasteiger partial charge in [0.2, 0.25) is 0 Å². The van der Waals surface area contributed by atoms with E-state index in [-0.39, 0.29) is 5.78 Å². The molecule has 0 saturated carbocycles. The van der Waals surface area contributed by atoms with Gasteiger partial charge in [0, 0.05) is 16.3 Å². The highest BCUT2D eigenvalue weighted by molar-refractivity contribution is 7.99. The number of ketones is 1. The van der Waals surface area contributed by atoms with Gasteiger partial charge in [-0.2, -0.15) is 0 Å². The molecule has 0 aliphatic carbocycles. The quantitative estimate of drug-likeness (QED) is 0.682. The molecule has 68 valence electrons. The second-order valence-electron chi connectivity index (χ2n) is 2.80. The number of thioether (sulfide) groups is 1. The second-order valence-corrected chi connectivity index (χ2v) is 4.60. The Kier molecular flexibility index (Phi) is 2.54. The third kappa shape index (κ3) is 1.58.